The smallest absolute Gasteiger partial charge is 0.251 e. The Kier molecular flexibility index (Phi) is 4.71. The number of rotatable bonds is 4. The van der Waals surface area contributed by atoms with E-state index in [2.05, 4.69) is 5.32 Å². The topological polar surface area (TPSA) is 76.4 Å². The average molecular weight is 343 g/mol. The van der Waals surface area contributed by atoms with Crippen LogP contribution in [0.4, 0.5) is 11.4 Å². The molecule has 0 aliphatic carbocycles. The zero-order valence-electron chi connectivity index (χ0n) is 13.2. The van der Waals surface area contributed by atoms with Gasteiger partial charge < -0.3 is 15.4 Å². The van der Waals surface area contributed by atoms with Crippen LogP contribution in [0.5, 0.6) is 0 Å². The van der Waals surface area contributed by atoms with Crippen LogP contribution in [0, 0.1) is 5.21 Å². The van der Waals surface area contributed by atoms with E-state index in [1.807, 2.05) is 12.1 Å². The van der Waals surface area contributed by atoms with E-state index in [1.165, 1.54) is 18.0 Å². The van der Waals surface area contributed by atoms with Crippen LogP contribution in [0.2, 0.25) is 0 Å². The van der Waals surface area contributed by atoms with E-state index in [9.17, 15) is 14.8 Å². The Bertz CT molecular complexity index is 794. The molecule has 1 aromatic heterocycles. The third kappa shape index (κ3) is 3.51. The first-order valence-corrected chi connectivity index (χ1v) is 8.55. The number of amides is 2. The van der Waals surface area contributed by atoms with Crippen molar-refractivity contribution in [1.82, 2.24) is 0 Å². The van der Waals surface area contributed by atoms with Gasteiger partial charge in [0.25, 0.3) is 5.03 Å². The number of thioether (sulfide) groups is 1. The number of carbonyl (C=O) groups is 2. The Morgan fingerprint density at radius 2 is 2.17 bits per heavy atom. The lowest BCUT2D eigenvalue weighted by molar-refractivity contribution is -0.645. The van der Waals surface area contributed by atoms with Crippen molar-refractivity contribution in [2.24, 2.45) is 0 Å². The van der Waals surface area contributed by atoms with Gasteiger partial charge in [-0.15, -0.1) is 0 Å². The van der Waals surface area contributed by atoms with E-state index < -0.39 is 0 Å². The summed E-state index contributed by atoms with van der Waals surface area (Å²) in [6.45, 7) is 2.23. The summed E-state index contributed by atoms with van der Waals surface area (Å²) in [5, 5.41) is 14.9. The summed E-state index contributed by atoms with van der Waals surface area (Å²) in [5.74, 6) is 0.00375. The van der Waals surface area contributed by atoms with Gasteiger partial charge in [0.2, 0.25) is 11.8 Å². The number of hydrogen-bond acceptors (Lipinski definition) is 4. The van der Waals surface area contributed by atoms with Crippen LogP contribution in [0.1, 0.15) is 12.5 Å². The number of benzene rings is 1. The van der Waals surface area contributed by atoms with Crippen LogP contribution >= 0.6 is 11.8 Å². The molecular formula is C17H17N3O3S. The predicted molar refractivity (Wildman–Crippen MR) is 92.9 cm³/mol. The Labute approximate surface area is 144 Å². The first-order chi connectivity index (χ1) is 11.5. The molecule has 0 fully saturated rings. The summed E-state index contributed by atoms with van der Waals surface area (Å²) in [6, 6.07) is 10.6. The molecule has 1 aliphatic rings. The second-order valence-corrected chi connectivity index (χ2v) is 6.46. The van der Waals surface area contributed by atoms with Gasteiger partial charge in [0.1, 0.15) is 0 Å². The quantitative estimate of drug-likeness (QED) is 0.523. The molecule has 7 heteroatoms. The van der Waals surface area contributed by atoms with Crippen molar-refractivity contribution in [2.45, 2.75) is 18.4 Å². The number of aromatic nitrogens is 1. The molecule has 1 aromatic carbocycles. The van der Waals surface area contributed by atoms with Gasteiger partial charge in [-0.25, -0.2) is 0 Å². The van der Waals surface area contributed by atoms with Crippen LogP contribution in [-0.2, 0) is 16.0 Å². The van der Waals surface area contributed by atoms with Gasteiger partial charge in [-0.1, -0.05) is 0 Å². The van der Waals surface area contributed by atoms with E-state index in [4.69, 9.17) is 0 Å². The van der Waals surface area contributed by atoms with Crippen LogP contribution in [-0.4, -0.2) is 24.1 Å². The van der Waals surface area contributed by atoms with Crippen molar-refractivity contribution in [3.8, 4) is 0 Å². The van der Waals surface area contributed by atoms with Gasteiger partial charge in [-0.05, 0) is 48.0 Å². The summed E-state index contributed by atoms with van der Waals surface area (Å²) in [5.41, 5.74) is 2.66. The lowest BCUT2D eigenvalue weighted by atomic mass is 10.1. The third-order valence-corrected chi connectivity index (χ3v) is 4.80. The molecule has 0 radical (unpaired) electrons. The molecule has 6 nitrogen and oxygen atoms in total. The lowest BCUT2D eigenvalue weighted by Gasteiger charge is -2.15. The Hall–Kier alpha value is -2.54. The van der Waals surface area contributed by atoms with Gasteiger partial charge in [-0.3, -0.25) is 9.59 Å². The SMILES string of the molecule is CC(=O)N1CCc2cc(NC(=O)CSc3cccc[n+]3[O-])ccc21. The van der Waals surface area contributed by atoms with Gasteiger partial charge in [0, 0.05) is 37.0 Å². The number of fused-ring (bicyclic) bond motifs is 1. The summed E-state index contributed by atoms with van der Waals surface area (Å²) in [4.78, 5) is 25.3. The zero-order valence-corrected chi connectivity index (χ0v) is 14.0. The standard InChI is InChI=1S/C17H17N3O3S/c1-12(21)19-9-7-13-10-14(5-6-15(13)19)18-16(22)11-24-17-4-2-3-8-20(17)23/h2-6,8,10H,7,9,11H2,1H3,(H,18,22). The first-order valence-electron chi connectivity index (χ1n) is 7.56. The molecular weight excluding hydrogens is 326 g/mol. The fraction of sp³-hybridized carbons (Fsp3) is 0.235. The van der Waals surface area contributed by atoms with Crippen molar-refractivity contribution in [1.29, 1.82) is 0 Å². The molecule has 0 bridgehead atoms. The van der Waals surface area contributed by atoms with E-state index >= 15 is 0 Å². The van der Waals surface area contributed by atoms with Gasteiger partial charge >= 0.3 is 0 Å². The first kappa shape index (κ1) is 16.3. The maximum Gasteiger partial charge on any atom is 0.251 e. The van der Waals surface area contributed by atoms with Crippen LogP contribution < -0.4 is 14.9 Å². The maximum absolute atomic E-state index is 12.1. The fourth-order valence-electron chi connectivity index (χ4n) is 2.67. The second-order valence-electron chi connectivity index (χ2n) is 5.47. The molecule has 1 aliphatic heterocycles. The fourth-order valence-corrected chi connectivity index (χ4v) is 3.38. The molecule has 2 amide bonds. The van der Waals surface area contributed by atoms with Crippen LogP contribution in [0.3, 0.4) is 0 Å². The summed E-state index contributed by atoms with van der Waals surface area (Å²) in [6.07, 6.45) is 2.19. The van der Waals surface area contributed by atoms with Crippen LogP contribution in [0.25, 0.3) is 0 Å². The second kappa shape index (κ2) is 6.92. The number of hydrogen-bond donors (Lipinski definition) is 1. The van der Waals surface area contributed by atoms with Crippen molar-refractivity contribution in [2.75, 3.05) is 22.5 Å². The average Bonchev–Trinajstić information content (AvgIpc) is 2.97. The van der Waals surface area contributed by atoms with E-state index in [-0.39, 0.29) is 17.6 Å². The highest BCUT2D eigenvalue weighted by Gasteiger charge is 2.22. The number of nitrogens with one attached hydrogen (secondary N) is 1. The molecule has 1 N–H and O–H groups in total. The van der Waals surface area contributed by atoms with Gasteiger partial charge in [-0.2, -0.15) is 4.73 Å². The summed E-state index contributed by atoms with van der Waals surface area (Å²) in [7, 11) is 0. The molecule has 124 valence electrons. The van der Waals surface area contributed by atoms with Crippen molar-refractivity contribution in [3.05, 3.63) is 53.4 Å². The molecule has 3 rings (SSSR count). The number of pyridine rings is 1. The highest BCUT2D eigenvalue weighted by molar-refractivity contribution is 7.99. The zero-order chi connectivity index (χ0) is 17.1. The number of nitrogens with zero attached hydrogens (tertiary/aromatic N) is 2. The van der Waals surface area contributed by atoms with Crippen molar-refractivity contribution < 1.29 is 14.3 Å². The summed E-state index contributed by atoms with van der Waals surface area (Å²) >= 11 is 1.19. The minimum atomic E-state index is -0.176. The lowest BCUT2D eigenvalue weighted by Crippen LogP contribution is -2.28. The molecule has 0 saturated carbocycles. The minimum absolute atomic E-state index is 0.0238. The molecule has 2 heterocycles. The predicted octanol–water partition coefficient (Wildman–Crippen LogP) is 1.96. The molecule has 0 atom stereocenters. The monoisotopic (exact) mass is 343 g/mol. The molecule has 2 aromatic rings. The Morgan fingerprint density at radius 3 is 2.92 bits per heavy atom. The maximum atomic E-state index is 12.1. The van der Waals surface area contributed by atoms with Crippen LogP contribution in [0.15, 0.2) is 47.6 Å². The van der Waals surface area contributed by atoms with Crippen molar-refractivity contribution in [3.63, 3.8) is 0 Å². The van der Waals surface area contributed by atoms with Crippen molar-refractivity contribution >= 4 is 35.0 Å². The third-order valence-electron chi connectivity index (χ3n) is 3.78. The summed E-state index contributed by atoms with van der Waals surface area (Å²) < 4.78 is 0.740. The number of carbonyl (C=O) groups excluding carboxylic acids is 2. The highest BCUT2D eigenvalue weighted by Crippen LogP contribution is 2.30. The molecule has 24 heavy (non-hydrogen) atoms. The van der Waals surface area contributed by atoms with Gasteiger partial charge in [0.15, 0.2) is 6.20 Å². The van der Waals surface area contributed by atoms with E-state index in [0.717, 1.165) is 22.4 Å². The highest BCUT2D eigenvalue weighted by atomic mass is 32.2. The molecule has 0 saturated heterocycles. The Balaban J connectivity index is 1.61. The molecule has 0 unspecified atom stereocenters. The normalized spacial score (nSPS) is 12.8. The largest absolute Gasteiger partial charge is 0.618 e. The van der Waals surface area contributed by atoms with E-state index in [1.54, 1.807) is 36.1 Å². The van der Waals surface area contributed by atoms with E-state index in [0.29, 0.717) is 17.3 Å². The minimum Gasteiger partial charge on any atom is -0.618 e. The number of anilines is 2. The Morgan fingerprint density at radius 1 is 1.33 bits per heavy atom. The van der Waals surface area contributed by atoms with Gasteiger partial charge in [0.05, 0.1) is 5.75 Å². The molecule has 0 spiro atoms.